The van der Waals surface area contributed by atoms with Crippen LogP contribution in [-0.4, -0.2) is 71.7 Å². The Bertz CT molecular complexity index is 346. The average Bonchev–Trinajstić information content (AvgIpc) is 2.72. The molecule has 0 bridgehead atoms. The highest BCUT2D eigenvalue weighted by atomic mass is 16.7. The van der Waals surface area contributed by atoms with Crippen LogP contribution in [0.15, 0.2) is 0 Å². The highest BCUT2D eigenvalue weighted by Gasteiger charge is 2.13. The molecule has 0 aromatic carbocycles. The predicted molar refractivity (Wildman–Crippen MR) is 106 cm³/mol. The number of unbranched alkanes of at least 4 members (excludes halogenated alkanes) is 4. The molecule has 0 aliphatic carbocycles. The molecule has 28 heavy (non-hydrogen) atoms. The maximum absolute atomic E-state index is 11.5. The van der Waals surface area contributed by atoms with Gasteiger partial charge >= 0.3 is 5.97 Å². The van der Waals surface area contributed by atoms with E-state index in [9.17, 15) is 4.79 Å². The first kappa shape index (κ1) is 25.3. The lowest BCUT2D eigenvalue weighted by atomic mass is 10.1. The number of hydrogen-bond donors (Lipinski definition) is 0. The number of esters is 1. The van der Waals surface area contributed by atoms with Crippen LogP contribution in [0.5, 0.6) is 0 Å². The van der Waals surface area contributed by atoms with Crippen molar-refractivity contribution < 1.29 is 33.2 Å². The average molecular weight is 405 g/mol. The molecule has 0 spiro atoms. The Morgan fingerprint density at radius 2 is 1.46 bits per heavy atom. The summed E-state index contributed by atoms with van der Waals surface area (Å²) in [5.74, 6) is -0.132. The largest absolute Gasteiger partial charge is 0.463 e. The van der Waals surface area contributed by atoms with Crippen molar-refractivity contribution in [2.45, 2.75) is 71.0 Å². The fraction of sp³-hybridized carbons (Fsp3) is 0.952. The molecule has 1 saturated heterocycles. The molecule has 1 rings (SSSR count). The number of carbonyl (C=O) groups is 1. The van der Waals surface area contributed by atoms with Crippen LogP contribution in [0.4, 0.5) is 0 Å². The van der Waals surface area contributed by atoms with E-state index in [0.29, 0.717) is 59.3 Å². The second-order valence-corrected chi connectivity index (χ2v) is 6.89. The van der Waals surface area contributed by atoms with Crippen molar-refractivity contribution in [2.75, 3.05) is 59.5 Å². The Morgan fingerprint density at radius 1 is 0.821 bits per heavy atom. The van der Waals surface area contributed by atoms with E-state index in [1.165, 1.54) is 25.7 Å². The standard InChI is InChI=1S/C21H40O7/c1-2-3-4-5-6-9-20(22)26-18-16-24-14-12-23-13-15-25-17-19-28-21-10-7-8-11-27-21/h21H,2-19H2,1H3. The zero-order valence-electron chi connectivity index (χ0n) is 17.7. The van der Waals surface area contributed by atoms with Crippen LogP contribution < -0.4 is 0 Å². The number of rotatable bonds is 19. The summed E-state index contributed by atoms with van der Waals surface area (Å²) in [6.07, 6.45) is 9.37. The van der Waals surface area contributed by atoms with Crippen molar-refractivity contribution in [2.24, 2.45) is 0 Å². The van der Waals surface area contributed by atoms with Crippen LogP contribution in [0.25, 0.3) is 0 Å². The van der Waals surface area contributed by atoms with Gasteiger partial charge in [-0.25, -0.2) is 0 Å². The zero-order chi connectivity index (χ0) is 20.1. The van der Waals surface area contributed by atoms with Crippen LogP contribution in [-0.2, 0) is 33.2 Å². The van der Waals surface area contributed by atoms with Crippen molar-refractivity contribution in [3.05, 3.63) is 0 Å². The molecule has 0 aromatic rings. The Hall–Kier alpha value is -0.730. The Morgan fingerprint density at radius 3 is 2.11 bits per heavy atom. The Kier molecular flexibility index (Phi) is 17.7. The second-order valence-electron chi connectivity index (χ2n) is 6.89. The SMILES string of the molecule is CCCCCCCC(=O)OCCOCCOCCOCCOC1CCCCO1. The summed E-state index contributed by atoms with van der Waals surface area (Å²) in [5.41, 5.74) is 0. The topological polar surface area (TPSA) is 72.5 Å². The molecule has 1 fully saturated rings. The summed E-state index contributed by atoms with van der Waals surface area (Å²) >= 11 is 0. The highest BCUT2D eigenvalue weighted by Crippen LogP contribution is 2.13. The van der Waals surface area contributed by atoms with Crippen LogP contribution in [0.3, 0.4) is 0 Å². The van der Waals surface area contributed by atoms with Crippen molar-refractivity contribution in [1.29, 1.82) is 0 Å². The first-order chi connectivity index (χ1) is 13.8. The van der Waals surface area contributed by atoms with Gasteiger partial charge in [0.1, 0.15) is 6.61 Å². The lowest BCUT2D eigenvalue weighted by Gasteiger charge is -2.22. The van der Waals surface area contributed by atoms with Crippen LogP contribution in [0.1, 0.15) is 64.7 Å². The molecule has 7 nitrogen and oxygen atoms in total. The Balaban J connectivity index is 1.71. The summed E-state index contributed by atoms with van der Waals surface area (Å²) < 4.78 is 32.4. The van der Waals surface area contributed by atoms with Crippen molar-refractivity contribution in [3.63, 3.8) is 0 Å². The minimum Gasteiger partial charge on any atom is -0.463 e. The van der Waals surface area contributed by atoms with Gasteiger partial charge in [0.25, 0.3) is 0 Å². The van der Waals surface area contributed by atoms with E-state index in [2.05, 4.69) is 6.92 Å². The van der Waals surface area contributed by atoms with Gasteiger partial charge in [0.2, 0.25) is 0 Å². The normalized spacial score (nSPS) is 17.0. The number of ether oxygens (including phenoxy) is 6. The number of hydrogen-bond acceptors (Lipinski definition) is 7. The minimum absolute atomic E-state index is 0.0594. The van der Waals surface area contributed by atoms with Crippen LogP contribution >= 0.6 is 0 Å². The lowest BCUT2D eigenvalue weighted by molar-refractivity contribution is -0.169. The minimum atomic E-state index is -0.132. The van der Waals surface area contributed by atoms with Crippen molar-refractivity contribution in [1.82, 2.24) is 0 Å². The Labute approximate surface area is 170 Å². The van der Waals surface area contributed by atoms with Gasteiger partial charge in [-0.2, -0.15) is 0 Å². The third kappa shape index (κ3) is 16.2. The third-order valence-electron chi connectivity index (χ3n) is 4.39. The molecule has 0 saturated carbocycles. The third-order valence-corrected chi connectivity index (χ3v) is 4.39. The molecule has 166 valence electrons. The maximum atomic E-state index is 11.5. The fourth-order valence-corrected chi connectivity index (χ4v) is 2.78. The molecule has 1 heterocycles. The second kappa shape index (κ2) is 19.6. The molecule has 1 unspecified atom stereocenters. The van der Waals surface area contributed by atoms with Gasteiger partial charge in [0.05, 0.1) is 46.2 Å². The van der Waals surface area contributed by atoms with Gasteiger partial charge in [-0.1, -0.05) is 32.6 Å². The molecular weight excluding hydrogens is 364 g/mol. The van der Waals surface area contributed by atoms with Crippen LogP contribution in [0, 0.1) is 0 Å². The van der Waals surface area contributed by atoms with Crippen molar-refractivity contribution in [3.8, 4) is 0 Å². The zero-order valence-corrected chi connectivity index (χ0v) is 17.7. The number of carbonyl (C=O) groups excluding carboxylic acids is 1. The van der Waals surface area contributed by atoms with Gasteiger partial charge in [0.15, 0.2) is 6.29 Å². The summed E-state index contributed by atoms with van der Waals surface area (Å²) in [6.45, 7) is 6.82. The van der Waals surface area contributed by atoms with Gasteiger partial charge in [-0.15, -0.1) is 0 Å². The van der Waals surface area contributed by atoms with Gasteiger partial charge in [-0.3, -0.25) is 4.79 Å². The molecule has 1 aliphatic heterocycles. The summed E-state index contributed by atoms with van der Waals surface area (Å²) in [6, 6.07) is 0. The molecule has 0 N–H and O–H groups in total. The van der Waals surface area contributed by atoms with E-state index < -0.39 is 0 Å². The van der Waals surface area contributed by atoms with Crippen LogP contribution in [0.2, 0.25) is 0 Å². The highest BCUT2D eigenvalue weighted by molar-refractivity contribution is 5.69. The van der Waals surface area contributed by atoms with E-state index >= 15 is 0 Å². The smallest absolute Gasteiger partial charge is 0.305 e. The first-order valence-corrected chi connectivity index (χ1v) is 10.9. The van der Waals surface area contributed by atoms with E-state index in [0.717, 1.165) is 32.3 Å². The quantitative estimate of drug-likeness (QED) is 0.241. The lowest BCUT2D eigenvalue weighted by Crippen LogP contribution is -2.24. The van der Waals surface area contributed by atoms with Crippen molar-refractivity contribution >= 4 is 5.97 Å². The summed E-state index contributed by atoms with van der Waals surface area (Å²) in [7, 11) is 0. The van der Waals surface area contributed by atoms with E-state index in [1.54, 1.807) is 0 Å². The van der Waals surface area contributed by atoms with E-state index in [4.69, 9.17) is 28.4 Å². The monoisotopic (exact) mass is 404 g/mol. The predicted octanol–water partition coefficient (Wildman–Crippen LogP) is 3.48. The molecule has 0 amide bonds. The van der Waals surface area contributed by atoms with E-state index in [1.807, 2.05) is 0 Å². The molecule has 0 radical (unpaired) electrons. The molecule has 0 aromatic heterocycles. The van der Waals surface area contributed by atoms with Gasteiger partial charge < -0.3 is 28.4 Å². The van der Waals surface area contributed by atoms with Gasteiger partial charge in [0, 0.05) is 13.0 Å². The fourth-order valence-electron chi connectivity index (χ4n) is 2.78. The summed E-state index contributed by atoms with van der Waals surface area (Å²) in [4.78, 5) is 11.5. The van der Waals surface area contributed by atoms with E-state index in [-0.39, 0.29) is 12.3 Å². The molecule has 7 heteroatoms. The summed E-state index contributed by atoms with van der Waals surface area (Å²) in [5, 5.41) is 0. The molecular formula is C21H40O7. The maximum Gasteiger partial charge on any atom is 0.305 e. The first-order valence-electron chi connectivity index (χ1n) is 10.9. The molecule has 1 aliphatic rings. The molecule has 1 atom stereocenters. The van der Waals surface area contributed by atoms with Gasteiger partial charge in [-0.05, 0) is 25.7 Å².